The van der Waals surface area contributed by atoms with Crippen LogP contribution in [0.25, 0.3) is 38.6 Å². The Labute approximate surface area is 195 Å². The van der Waals surface area contributed by atoms with Crippen molar-refractivity contribution in [2.45, 2.75) is 26.9 Å². The number of thiazole rings is 1. The molecule has 0 atom stereocenters. The van der Waals surface area contributed by atoms with Gasteiger partial charge in [0.1, 0.15) is 5.69 Å². The molecule has 0 bridgehead atoms. The Morgan fingerprint density at radius 1 is 1.16 bits per heavy atom. The van der Waals surface area contributed by atoms with Crippen molar-refractivity contribution < 1.29 is 5.11 Å². The van der Waals surface area contributed by atoms with E-state index in [1.807, 2.05) is 35.7 Å². The lowest BCUT2D eigenvalue weighted by Crippen LogP contribution is -1.93. The standard InChI is InChI=1S/C23H21ClN4OS.ClH/c1-13(2)7-15-10-28(21-9-16(24)4-5-17(15)21)23-27-20(12-30-23)22-25-18-6-3-14(11-29)8-19(18)26-22;/h3-6,8-10,12-13,29H,7,11H2,1-2H3,(H,25,26);1H. The molecule has 5 rings (SSSR count). The molecule has 160 valence electrons. The smallest absolute Gasteiger partial charge is 0.194 e. The number of H-pyrrole nitrogens is 1. The van der Waals surface area contributed by atoms with Crippen molar-refractivity contribution >= 4 is 57.3 Å². The van der Waals surface area contributed by atoms with Gasteiger partial charge in [0.2, 0.25) is 0 Å². The van der Waals surface area contributed by atoms with E-state index in [-0.39, 0.29) is 19.0 Å². The third kappa shape index (κ3) is 4.08. The van der Waals surface area contributed by atoms with Crippen molar-refractivity contribution in [2.24, 2.45) is 5.92 Å². The van der Waals surface area contributed by atoms with Gasteiger partial charge in [-0.2, -0.15) is 0 Å². The van der Waals surface area contributed by atoms with Gasteiger partial charge in [0.05, 0.1) is 23.2 Å². The number of aromatic nitrogens is 4. The quantitative estimate of drug-likeness (QED) is 0.311. The van der Waals surface area contributed by atoms with Gasteiger partial charge in [0.25, 0.3) is 0 Å². The summed E-state index contributed by atoms with van der Waals surface area (Å²) >= 11 is 7.88. The Balaban J connectivity index is 0.00000231. The summed E-state index contributed by atoms with van der Waals surface area (Å²) in [6.45, 7) is 4.45. The third-order valence-corrected chi connectivity index (χ3v) is 6.22. The minimum absolute atomic E-state index is 0. The molecule has 2 aromatic carbocycles. The van der Waals surface area contributed by atoms with Crippen LogP contribution in [0.3, 0.4) is 0 Å². The van der Waals surface area contributed by atoms with Crippen molar-refractivity contribution in [2.75, 3.05) is 0 Å². The molecule has 0 aliphatic heterocycles. The van der Waals surface area contributed by atoms with E-state index >= 15 is 0 Å². The van der Waals surface area contributed by atoms with Crippen LogP contribution in [0.2, 0.25) is 5.02 Å². The number of fused-ring (bicyclic) bond motifs is 2. The number of benzene rings is 2. The van der Waals surface area contributed by atoms with Gasteiger partial charge in [-0.05, 0) is 47.7 Å². The average Bonchev–Trinajstić information content (AvgIpc) is 3.43. The van der Waals surface area contributed by atoms with E-state index in [0.717, 1.165) is 45.2 Å². The number of nitrogens with zero attached hydrogens (tertiary/aromatic N) is 3. The van der Waals surface area contributed by atoms with Gasteiger partial charge in [-0.1, -0.05) is 37.6 Å². The maximum absolute atomic E-state index is 9.35. The molecule has 0 unspecified atom stereocenters. The van der Waals surface area contributed by atoms with E-state index in [1.54, 1.807) is 11.3 Å². The summed E-state index contributed by atoms with van der Waals surface area (Å²) < 4.78 is 2.12. The van der Waals surface area contributed by atoms with Crippen LogP contribution < -0.4 is 0 Å². The zero-order valence-corrected chi connectivity index (χ0v) is 19.5. The van der Waals surface area contributed by atoms with Crippen LogP contribution in [0.5, 0.6) is 0 Å². The Morgan fingerprint density at radius 2 is 2.00 bits per heavy atom. The zero-order valence-electron chi connectivity index (χ0n) is 17.1. The van der Waals surface area contributed by atoms with Crippen LogP contribution in [0.15, 0.2) is 48.0 Å². The van der Waals surface area contributed by atoms with Crippen LogP contribution in [-0.2, 0) is 13.0 Å². The van der Waals surface area contributed by atoms with E-state index in [2.05, 4.69) is 40.6 Å². The highest BCUT2D eigenvalue weighted by molar-refractivity contribution is 7.12. The van der Waals surface area contributed by atoms with Gasteiger partial charge in [-0.3, -0.25) is 4.57 Å². The molecule has 0 aliphatic carbocycles. The second-order valence-corrected chi connectivity index (χ2v) is 9.17. The lowest BCUT2D eigenvalue weighted by atomic mass is 10.0. The monoisotopic (exact) mass is 472 g/mol. The molecule has 0 saturated heterocycles. The van der Waals surface area contributed by atoms with Crippen molar-refractivity contribution in [1.29, 1.82) is 0 Å². The molecule has 3 aromatic heterocycles. The molecular weight excluding hydrogens is 451 g/mol. The van der Waals surface area contributed by atoms with Gasteiger partial charge in [0.15, 0.2) is 11.0 Å². The zero-order chi connectivity index (χ0) is 20.8. The molecule has 31 heavy (non-hydrogen) atoms. The largest absolute Gasteiger partial charge is 0.392 e. The van der Waals surface area contributed by atoms with Crippen LogP contribution in [0.1, 0.15) is 25.0 Å². The Bertz CT molecular complexity index is 1370. The average molecular weight is 473 g/mol. The highest BCUT2D eigenvalue weighted by Gasteiger charge is 2.16. The lowest BCUT2D eigenvalue weighted by molar-refractivity contribution is 0.282. The van der Waals surface area contributed by atoms with E-state index in [1.165, 1.54) is 10.9 Å². The SMILES string of the molecule is CC(C)Cc1cn(-c2nc(-c3nc4cc(CO)ccc4[nH]3)cs2)c2cc(Cl)ccc12.Cl. The second kappa shape index (κ2) is 8.63. The fraction of sp³-hybridized carbons (Fsp3) is 0.217. The highest BCUT2D eigenvalue weighted by atomic mass is 35.5. The summed E-state index contributed by atoms with van der Waals surface area (Å²) in [7, 11) is 0. The topological polar surface area (TPSA) is 66.7 Å². The number of halogens is 2. The first-order chi connectivity index (χ1) is 14.5. The molecule has 8 heteroatoms. The van der Waals surface area contributed by atoms with E-state index in [9.17, 15) is 5.11 Å². The molecule has 0 spiro atoms. The third-order valence-electron chi connectivity index (χ3n) is 5.15. The van der Waals surface area contributed by atoms with Gasteiger partial charge in [-0.15, -0.1) is 23.7 Å². The van der Waals surface area contributed by atoms with Crippen LogP contribution in [-0.4, -0.2) is 24.6 Å². The molecular formula is C23H22Cl2N4OS. The van der Waals surface area contributed by atoms with Crippen molar-refractivity contribution in [3.8, 4) is 16.6 Å². The molecule has 0 radical (unpaired) electrons. The molecule has 2 N–H and O–H groups in total. The molecule has 0 amide bonds. The van der Waals surface area contributed by atoms with Gasteiger partial charge in [0, 0.05) is 22.0 Å². The first-order valence-electron chi connectivity index (χ1n) is 9.87. The number of aliphatic hydroxyl groups excluding tert-OH is 1. The molecule has 0 fully saturated rings. The lowest BCUT2D eigenvalue weighted by Gasteiger charge is -2.02. The fourth-order valence-electron chi connectivity index (χ4n) is 3.79. The maximum atomic E-state index is 9.35. The van der Waals surface area contributed by atoms with Crippen molar-refractivity contribution in [1.82, 2.24) is 19.5 Å². The summed E-state index contributed by atoms with van der Waals surface area (Å²) in [6, 6.07) is 11.8. The van der Waals surface area contributed by atoms with Crippen LogP contribution in [0, 0.1) is 5.92 Å². The molecule has 3 heterocycles. The second-order valence-electron chi connectivity index (χ2n) is 7.89. The number of imidazole rings is 1. The van der Waals surface area contributed by atoms with Crippen LogP contribution in [0.4, 0.5) is 0 Å². The molecule has 5 aromatic rings. The summed E-state index contributed by atoms with van der Waals surface area (Å²) in [4.78, 5) is 12.8. The maximum Gasteiger partial charge on any atom is 0.194 e. The Morgan fingerprint density at radius 3 is 2.77 bits per heavy atom. The minimum Gasteiger partial charge on any atom is -0.392 e. The van der Waals surface area contributed by atoms with E-state index in [4.69, 9.17) is 16.6 Å². The first kappa shape index (κ1) is 21.8. The van der Waals surface area contributed by atoms with E-state index in [0.29, 0.717) is 10.9 Å². The van der Waals surface area contributed by atoms with Gasteiger partial charge < -0.3 is 10.1 Å². The summed E-state index contributed by atoms with van der Waals surface area (Å²) in [5.74, 6) is 1.28. The van der Waals surface area contributed by atoms with Gasteiger partial charge in [-0.25, -0.2) is 9.97 Å². The first-order valence-corrected chi connectivity index (χ1v) is 11.1. The van der Waals surface area contributed by atoms with Crippen molar-refractivity contribution in [3.63, 3.8) is 0 Å². The normalized spacial score (nSPS) is 11.5. The number of rotatable bonds is 5. The number of hydrogen-bond donors (Lipinski definition) is 2. The number of aliphatic hydroxyl groups is 1. The summed E-state index contributed by atoms with van der Waals surface area (Å²) in [5, 5.41) is 14.2. The number of aromatic amines is 1. The highest BCUT2D eigenvalue weighted by Crippen LogP contribution is 2.32. The fourth-order valence-corrected chi connectivity index (χ4v) is 4.75. The van der Waals surface area contributed by atoms with E-state index < -0.39 is 0 Å². The van der Waals surface area contributed by atoms with Crippen LogP contribution >= 0.6 is 35.3 Å². The predicted octanol–water partition coefficient (Wildman–Crippen LogP) is 6.40. The predicted molar refractivity (Wildman–Crippen MR) is 131 cm³/mol. The number of nitrogens with one attached hydrogen (secondary N) is 1. The Hall–Kier alpha value is -2.38. The summed E-state index contributed by atoms with van der Waals surface area (Å²) in [5.41, 5.74) is 5.75. The number of hydrogen-bond acceptors (Lipinski definition) is 4. The molecule has 0 aliphatic rings. The minimum atomic E-state index is 0. The van der Waals surface area contributed by atoms with Crippen molar-refractivity contribution in [3.05, 3.63) is 64.1 Å². The molecule has 5 nitrogen and oxygen atoms in total. The summed E-state index contributed by atoms with van der Waals surface area (Å²) in [6.07, 6.45) is 3.18. The Kier molecular flexibility index (Phi) is 6.08. The molecule has 0 saturated carbocycles. The van der Waals surface area contributed by atoms with Gasteiger partial charge >= 0.3 is 0 Å².